The fourth-order valence-electron chi connectivity index (χ4n) is 3.25. The maximum atomic E-state index is 2.37. The number of rotatable bonds is 1. The van der Waals surface area contributed by atoms with Crippen molar-refractivity contribution in [3.05, 3.63) is 78.0 Å². The minimum Gasteiger partial charge on any atom is -0.313 e. The van der Waals surface area contributed by atoms with Crippen LogP contribution in [0.4, 0.5) is 0 Å². The molecule has 0 radical (unpaired) electrons. The molecule has 0 aliphatic carbocycles. The second-order valence-electron chi connectivity index (χ2n) is 5.63. The molecule has 0 amide bonds. The van der Waals surface area contributed by atoms with Crippen LogP contribution in [0.3, 0.4) is 0 Å². The number of para-hydroxylation sites is 1. The monoisotopic (exact) mass is 271 g/mol. The number of pyridine rings is 1. The van der Waals surface area contributed by atoms with E-state index in [0.717, 1.165) is 0 Å². The van der Waals surface area contributed by atoms with Crippen molar-refractivity contribution in [2.24, 2.45) is 0 Å². The minimum absolute atomic E-state index is 1.28. The normalized spacial score (nSPS) is 11.3. The van der Waals surface area contributed by atoms with Crippen molar-refractivity contribution in [1.29, 1.82) is 0 Å². The summed E-state index contributed by atoms with van der Waals surface area (Å²) in [6.45, 7) is 4.38. The van der Waals surface area contributed by atoms with Gasteiger partial charge in [-0.05, 0) is 43.2 Å². The highest BCUT2D eigenvalue weighted by Gasteiger charge is 2.11. The quantitative estimate of drug-likeness (QED) is 0.438. The van der Waals surface area contributed by atoms with E-state index < -0.39 is 0 Å². The molecule has 21 heavy (non-hydrogen) atoms. The van der Waals surface area contributed by atoms with Gasteiger partial charge in [-0.15, -0.1) is 0 Å². The van der Waals surface area contributed by atoms with Gasteiger partial charge in [-0.2, -0.15) is 0 Å². The van der Waals surface area contributed by atoms with Gasteiger partial charge in [-0.1, -0.05) is 48.5 Å². The van der Waals surface area contributed by atoms with Crippen LogP contribution in [0.15, 0.2) is 66.7 Å². The Balaban J connectivity index is 2.17. The molecule has 0 spiro atoms. The average molecular weight is 271 g/mol. The average Bonchev–Trinajstić information content (AvgIpc) is 2.85. The molecule has 2 aromatic carbocycles. The number of hydrogen-bond donors (Lipinski definition) is 0. The molecule has 4 rings (SSSR count). The lowest BCUT2D eigenvalue weighted by molar-refractivity contribution is 1.16. The summed E-state index contributed by atoms with van der Waals surface area (Å²) in [5, 5.41) is 1.32. The van der Waals surface area contributed by atoms with Crippen LogP contribution >= 0.6 is 0 Å². The van der Waals surface area contributed by atoms with Gasteiger partial charge in [0.25, 0.3) is 0 Å². The lowest BCUT2D eigenvalue weighted by atomic mass is 10.0. The molecule has 0 bridgehead atoms. The smallest absolute Gasteiger partial charge is 0.0540 e. The van der Waals surface area contributed by atoms with Crippen LogP contribution in [0.5, 0.6) is 0 Å². The summed E-state index contributed by atoms with van der Waals surface area (Å²) in [4.78, 5) is 0. The van der Waals surface area contributed by atoms with Crippen molar-refractivity contribution in [3.8, 4) is 11.1 Å². The van der Waals surface area contributed by atoms with E-state index in [0.29, 0.717) is 0 Å². The van der Waals surface area contributed by atoms with Gasteiger partial charge in [0.15, 0.2) is 0 Å². The summed E-state index contributed by atoms with van der Waals surface area (Å²) < 4.78 is 2.37. The van der Waals surface area contributed by atoms with Gasteiger partial charge in [-0.25, -0.2) is 0 Å². The van der Waals surface area contributed by atoms with Gasteiger partial charge in [0.2, 0.25) is 0 Å². The molecule has 1 nitrogen and oxygen atoms in total. The first-order valence-electron chi connectivity index (χ1n) is 7.31. The van der Waals surface area contributed by atoms with Crippen LogP contribution in [-0.4, -0.2) is 4.40 Å². The third-order valence-corrected chi connectivity index (χ3v) is 4.23. The van der Waals surface area contributed by atoms with E-state index in [9.17, 15) is 0 Å². The second kappa shape index (κ2) is 4.49. The molecule has 0 saturated heterocycles. The number of fused-ring (bicyclic) bond motifs is 3. The molecule has 0 N–H and O–H groups in total. The third kappa shape index (κ3) is 1.78. The van der Waals surface area contributed by atoms with Crippen molar-refractivity contribution in [2.75, 3.05) is 0 Å². The second-order valence-corrected chi connectivity index (χ2v) is 5.63. The molecular formula is C20H17N. The highest BCUT2D eigenvalue weighted by molar-refractivity contribution is 5.92. The van der Waals surface area contributed by atoms with Crippen molar-refractivity contribution in [3.63, 3.8) is 0 Å². The van der Waals surface area contributed by atoms with Gasteiger partial charge in [0.05, 0.1) is 11.0 Å². The van der Waals surface area contributed by atoms with Crippen LogP contribution in [0.1, 0.15) is 11.3 Å². The van der Waals surface area contributed by atoms with Gasteiger partial charge < -0.3 is 4.40 Å². The Bertz CT molecular complexity index is 946. The highest BCUT2D eigenvalue weighted by atomic mass is 14.9. The first kappa shape index (κ1) is 12.2. The number of nitrogens with zero attached hydrogens (tertiary/aromatic N) is 1. The van der Waals surface area contributed by atoms with Crippen molar-refractivity contribution in [1.82, 2.24) is 4.40 Å². The summed E-state index contributed by atoms with van der Waals surface area (Å²) >= 11 is 0. The summed E-state index contributed by atoms with van der Waals surface area (Å²) in [7, 11) is 0. The van der Waals surface area contributed by atoms with Crippen LogP contribution < -0.4 is 0 Å². The standard InChI is InChI=1S/C20H17N/c1-14-12-20-18(16-8-4-3-5-9-16)13-15(2)21(20)19-11-7-6-10-17(14)19/h3-13H,1-2H3. The molecule has 1 heteroatoms. The minimum atomic E-state index is 1.28. The zero-order valence-corrected chi connectivity index (χ0v) is 12.3. The van der Waals surface area contributed by atoms with Gasteiger partial charge in [-0.3, -0.25) is 0 Å². The number of hydrogen-bond acceptors (Lipinski definition) is 0. The first-order valence-corrected chi connectivity index (χ1v) is 7.31. The van der Waals surface area contributed by atoms with Gasteiger partial charge in [0.1, 0.15) is 0 Å². The first-order chi connectivity index (χ1) is 10.3. The third-order valence-electron chi connectivity index (χ3n) is 4.23. The molecule has 0 unspecified atom stereocenters. The molecular weight excluding hydrogens is 254 g/mol. The van der Waals surface area contributed by atoms with E-state index >= 15 is 0 Å². The summed E-state index contributed by atoms with van der Waals surface area (Å²) in [6.07, 6.45) is 0. The van der Waals surface area contributed by atoms with Crippen LogP contribution in [0, 0.1) is 13.8 Å². The molecule has 102 valence electrons. The zero-order valence-electron chi connectivity index (χ0n) is 12.3. The van der Waals surface area contributed by atoms with E-state index in [4.69, 9.17) is 0 Å². The van der Waals surface area contributed by atoms with E-state index in [2.05, 4.69) is 85.0 Å². The van der Waals surface area contributed by atoms with Crippen molar-refractivity contribution in [2.45, 2.75) is 13.8 Å². The van der Waals surface area contributed by atoms with E-state index in [1.54, 1.807) is 0 Å². The zero-order chi connectivity index (χ0) is 14.4. The van der Waals surface area contributed by atoms with Crippen molar-refractivity contribution < 1.29 is 0 Å². The molecule has 4 aromatic rings. The Labute approximate surface area is 124 Å². The van der Waals surface area contributed by atoms with Crippen LogP contribution in [0.25, 0.3) is 27.5 Å². The maximum Gasteiger partial charge on any atom is 0.0540 e. The predicted molar refractivity (Wildman–Crippen MR) is 89.8 cm³/mol. The Hall–Kier alpha value is -2.54. The molecule has 2 aromatic heterocycles. The molecule has 0 aliphatic heterocycles. The summed E-state index contributed by atoms with van der Waals surface area (Å²) in [5.41, 5.74) is 7.76. The Kier molecular flexibility index (Phi) is 2.61. The molecule has 0 aliphatic rings. The molecule has 0 saturated carbocycles. The Morgan fingerprint density at radius 2 is 1.43 bits per heavy atom. The van der Waals surface area contributed by atoms with Gasteiger partial charge in [0, 0.05) is 16.6 Å². The van der Waals surface area contributed by atoms with E-state index in [-0.39, 0.29) is 0 Å². The van der Waals surface area contributed by atoms with Crippen LogP contribution in [-0.2, 0) is 0 Å². The lowest BCUT2D eigenvalue weighted by Crippen LogP contribution is -1.92. The van der Waals surface area contributed by atoms with E-state index in [1.165, 1.54) is 38.8 Å². The number of benzene rings is 2. The molecule has 2 heterocycles. The molecule has 0 atom stereocenters. The van der Waals surface area contributed by atoms with Crippen LogP contribution in [0.2, 0.25) is 0 Å². The fourth-order valence-corrected chi connectivity index (χ4v) is 3.25. The lowest BCUT2D eigenvalue weighted by Gasteiger charge is -2.09. The molecule has 0 fully saturated rings. The summed E-state index contributed by atoms with van der Waals surface area (Å²) in [6, 6.07) is 23.8. The van der Waals surface area contributed by atoms with Gasteiger partial charge >= 0.3 is 0 Å². The SMILES string of the molecule is Cc1cc2c(-c3ccccc3)cc(C)n2c2ccccc12. The Morgan fingerprint density at radius 1 is 0.714 bits per heavy atom. The predicted octanol–water partition coefficient (Wildman–Crippen LogP) is 5.38. The largest absolute Gasteiger partial charge is 0.313 e. The summed E-state index contributed by atoms with van der Waals surface area (Å²) in [5.74, 6) is 0. The van der Waals surface area contributed by atoms with E-state index in [1.807, 2.05) is 0 Å². The fraction of sp³-hybridized carbons (Fsp3) is 0.100. The topological polar surface area (TPSA) is 4.41 Å². The number of aryl methyl sites for hydroxylation is 2. The maximum absolute atomic E-state index is 2.37. The highest BCUT2D eigenvalue weighted by Crippen LogP contribution is 2.32. The Morgan fingerprint density at radius 3 is 2.24 bits per heavy atom. The van der Waals surface area contributed by atoms with Crippen molar-refractivity contribution >= 4 is 16.4 Å². The number of aromatic nitrogens is 1.